The molecular formula is C16H23N5O. The predicted molar refractivity (Wildman–Crippen MR) is 90.0 cm³/mol. The van der Waals surface area contributed by atoms with Gasteiger partial charge in [-0.3, -0.25) is 0 Å². The fourth-order valence-electron chi connectivity index (χ4n) is 1.96. The lowest BCUT2D eigenvalue weighted by atomic mass is 10.3. The van der Waals surface area contributed by atoms with Gasteiger partial charge in [0.15, 0.2) is 0 Å². The third-order valence-electron chi connectivity index (χ3n) is 3.06. The van der Waals surface area contributed by atoms with Crippen LogP contribution in [0.5, 0.6) is 5.75 Å². The van der Waals surface area contributed by atoms with Crippen LogP contribution in [-0.4, -0.2) is 49.2 Å². The Morgan fingerprint density at radius 1 is 1.23 bits per heavy atom. The second-order valence-electron chi connectivity index (χ2n) is 5.21. The lowest BCUT2D eigenvalue weighted by Crippen LogP contribution is -2.17. The summed E-state index contributed by atoms with van der Waals surface area (Å²) < 4.78 is 5.21. The zero-order chi connectivity index (χ0) is 15.8. The highest BCUT2D eigenvalue weighted by Crippen LogP contribution is 2.20. The Morgan fingerprint density at radius 3 is 2.86 bits per heavy atom. The molecule has 2 N–H and O–H groups in total. The van der Waals surface area contributed by atoms with Crippen LogP contribution < -0.4 is 15.4 Å². The molecule has 0 saturated carbocycles. The van der Waals surface area contributed by atoms with Gasteiger partial charge in [-0.1, -0.05) is 6.07 Å². The van der Waals surface area contributed by atoms with Crippen LogP contribution in [-0.2, 0) is 0 Å². The van der Waals surface area contributed by atoms with E-state index in [-0.39, 0.29) is 0 Å². The smallest absolute Gasteiger partial charge is 0.224 e. The fraction of sp³-hybridized carbons (Fsp3) is 0.375. The lowest BCUT2D eigenvalue weighted by molar-refractivity contribution is 0.405. The Bertz CT molecular complexity index is 588. The van der Waals surface area contributed by atoms with Crippen molar-refractivity contribution in [3.63, 3.8) is 0 Å². The summed E-state index contributed by atoms with van der Waals surface area (Å²) in [6.07, 6.45) is 2.79. The molecule has 0 spiro atoms. The number of nitrogens with one attached hydrogen (secondary N) is 2. The molecule has 0 amide bonds. The molecule has 0 saturated heterocycles. The number of hydrogen-bond donors (Lipinski definition) is 2. The molecule has 0 bridgehead atoms. The van der Waals surface area contributed by atoms with Crippen LogP contribution in [0.1, 0.15) is 6.42 Å². The molecule has 1 aromatic carbocycles. The maximum absolute atomic E-state index is 5.21. The minimum atomic E-state index is 0.631. The van der Waals surface area contributed by atoms with Crippen LogP contribution in [0, 0.1) is 0 Å². The van der Waals surface area contributed by atoms with Crippen molar-refractivity contribution in [2.75, 3.05) is 44.9 Å². The van der Waals surface area contributed by atoms with Crippen molar-refractivity contribution in [3.8, 4) is 5.75 Å². The predicted octanol–water partition coefficient (Wildman–Crippen LogP) is 2.59. The first kappa shape index (κ1) is 16.0. The summed E-state index contributed by atoms with van der Waals surface area (Å²) in [5, 5.41) is 6.48. The van der Waals surface area contributed by atoms with E-state index >= 15 is 0 Å². The number of hydrogen-bond acceptors (Lipinski definition) is 6. The highest BCUT2D eigenvalue weighted by molar-refractivity contribution is 5.58. The number of methoxy groups -OCH3 is 1. The van der Waals surface area contributed by atoms with E-state index in [0.29, 0.717) is 5.95 Å². The second kappa shape index (κ2) is 8.19. The monoisotopic (exact) mass is 301 g/mol. The summed E-state index contributed by atoms with van der Waals surface area (Å²) >= 11 is 0. The largest absolute Gasteiger partial charge is 0.497 e. The van der Waals surface area contributed by atoms with Crippen molar-refractivity contribution >= 4 is 17.5 Å². The molecule has 2 rings (SSSR count). The van der Waals surface area contributed by atoms with Crippen molar-refractivity contribution in [2.24, 2.45) is 0 Å². The van der Waals surface area contributed by atoms with Gasteiger partial charge in [0, 0.05) is 24.5 Å². The van der Waals surface area contributed by atoms with Crippen LogP contribution in [0.2, 0.25) is 0 Å². The van der Waals surface area contributed by atoms with Gasteiger partial charge in [-0.15, -0.1) is 0 Å². The first-order valence-electron chi connectivity index (χ1n) is 7.30. The molecule has 118 valence electrons. The van der Waals surface area contributed by atoms with Crippen molar-refractivity contribution in [3.05, 3.63) is 36.5 Å². The van der Waals surface area contributed by atoms with Crippen LogP contribution in [0.25, 0.3) is 0 Å². The molecule has 6 nitrogen and oxygen atoms in total. The molecule has 0 aliphatic rings. The van der Waals surface area contributed by atoms with Crippen LogP contribution >= 0.6 is 0 Å². The standard InChI is InChI=1S/C16H23N5O/c1-21(2)11-5-9-17-16-18-10-8-15(20-16)19-13-6-4-7-14(12-13)22-3/h4,6-8,10,12H,5,9,11H2,1-3H3,(H2,17,18,19,20). The minimum Gasteiger partial charge on any atom is -0.497 e. The molecule has 0 aliphatic carbocycles. The minimum absolute atomic E-state index is 0.631. The number of anilines is 3. The van der Waals surface area contributed by atoms with E-state index < -0.39 is 0 Å². The van der Waals surface area contributed by atoms with Gasteiger partial charge < -0.3 is 20.3 Å². The van der Waals surface area contributed by atoms with E-state index in [2.05, 4.69) is 39.6 Å². The summed E-state index contributed by atoms with van der Waals surface area (Å²) in [5.41, 5.74) is 0.927. The summed E-state index contributed by atoms with van der Waals surface area (Å²) in [6, 6.07) is 9.57. The lowest BCUT2D eigenvalue weighted by Gasteiger charge is -2.11. The molecular weight excluding hydrogens is 278 g/mol. The SMILES string of the molecule is COc1cccc(Nc2ccnc(NCCCN(C)C)n2)c1. The van der Waals surface area contributed by atoms with E-state index in [0.717, 1.165) is 36.8 Å². The molecule has 0 fully saturated rings. The van der Waals surface area contributed by atoms with E-state index in [1.165, 1.54) is 0 Å². The highest BCUT2D eigenvalue weighted by Gasteiger charge is 2.01. The first-order valence-corrected chi connectivity index (χ1v) is 7.30. The van der Waals surface area contributed by atoms with Crippen LogP contribution in [0.3, 0.4) is 0 Å². The first-order chi connectivity index (χ1) is 10.7. The molecule has 0 unspecified atom stereocenters. The van der Waals surface area contributed by atoms with Crippen LogP contribution in [0.4, 0.5) is 17.5 Å². The van der Waals surface area contributed by atoms with Crippen LogP contribution in [0.15, 0.2) is 36.5 Å². The third-order valence-corrected chi connectivity index (χ3v) is 3.06. The summed E-state index contributed by atoms with van der Waals surface area (Å²) in [4.78, 5) is 10.8. The average molecular weight is 301 g/mol. The number of nitrogens with zero attached hydrogens (tertiary/aromatic N) is 3. The van der Waals surface area contributed by atoms with Gasteiger partial charge in [-0.25, -0.2) is 4.98 Å². The van der Waals surface area contributed by atoms with Gasteiger partial charge in [0.1, 0.15) is 11.6 Å². The number of aromatic nitrogens is 2. The zero-order valence-electron chi connectivity index (χ0n) is 13.3. The summed E-state index contributed by atoms with van der Waals surface area (Å²) in [7, 11) is 5.78. The van der Waals surface area contributed by atoms with E-state index in [9.17, 15) is 0 Å². The Kier molecular flexibility index (Phi) is 5.97. The fourth-order valence-corrected chi connectivity index (χ4v) is 1.96. The van der Waals surface area contributed by atoms with Crippen molar-refractivity contribution in [1.29, 1.82) is 0 Å². The van der Waals surface area contributed by atoms with Gasteiger partial charge in [0.05, 0.1) is 7.11 Å². The van der Waals surface area contributed by atoms with Gasteiger partial charge in [0.2, 0.25) is 5.95 Å². The van der Waals surface area contributed by atoms with Gasteiger partial charge in [-0.05, 0) is 45.3 Å². The molecule has 1 heterocycles. The maximum Gasteiger partial charge on any atom is 0.224 e. The molecule has 22 heavy (non-hydrogen) atoms. The molecule has 6 heteroatoms. The van der Waals surface area contributed by atoms with E-state index in [1.54, 1.807) is 13.3 Å². The number of ether oxygens (including phenoxy) is 1. The molecule has 1 aromatic heterocycles. The summed E-state index contributed by atoms with van der Waals surface area (Å²) in [5.74, 6) is 2.19. The topological polar surface area (TPSA) is 62.3 Å². The van der Waals surface area contributed by atoms with E-state index in [1.807, 2.05) is 30.3 Å². The number of benzene rings is 1. The highest BCUT2D eigenvalue weighted by atomic mass is 16.5. The molecule has 2 aromatic rings. The van der Waals surface area contributed by atoms with E-state index in [4.69, 9.17) is 4.74 Å². The van der Waals surface area contributed by atoms with Gasteiger partial charge in [-0.2, -0.15) is 4.98 Å². The Balaban J connectivity index is 1.93. The normalized spacial score (nSPS) is 10.5. The van der Waals surface area contributed by atoms with Gasteiger partial charge >= 0.3 is 0 Å². The molecule has 0 atom stereocenters. The molecule has 0 radical (unpaired) electrons. The van der Waals surface area contributed by atoms with Crippen molar-refractivity contribution in [2.45, 2.75) is 6.42 Å². The Hall–Kier alpha value is -2.34. The third kappa shape index (κ3) is 5.21. The van der Waals surface area contributed by atoms with Gasteiger partial charge in [0.25, 0.3) is 0 Å². The van der Waals surface area contributed by atoms with Crippen molar-refractivity contribution < 1.29 is 4.74 Å². The Morgan fingerprint density at radius 2 is 2.09 bits per heavy atom. The van der Waals surface area contributed by atoms with Crippen molar-refractivity contribution in [1.82, 2.24) is 14.9 Å². The Labute approximate surface area is 131 Å². The molecule has 0 aliphatic heterocycles. The average Bonchev–Trinajstić information content (AvgIpc) is 2.52. The maximum atomic E-state index is 5.21. The quantitative estimate of drug-likeness (QED) is 0.731. The second-order valence-corrected chi connectivity index (χ2v) is 5.21. The number of rotatable bonds is 8. The zero-order valence-corrected chi connectivity index (χ0v) is 13.3. The summed E-state index contributed by atoms with van der Waals surface area (Å²) in [6.45, 7) is 1.88.